The highest BCUT2D eigenvalue weighted by molar-refractivity contribution is 6.13. The Kier molecular flexibility index (Phi) is 10.2. The average molecular weight is 469 g/mol. The third kappa shape index (κ3) is 6.90. The Balaban J connectivity index is 2.23. The van der Waals surface area contributed by atoms with Crippen molar-refractivity contribution in [3.8, 4) is 5.82 Å². The third-order valence-corrected chi connectivity index (χ3v) is 4.88. The van der Waals surface area contributed by atoms with Gasteiger partial charge in [0.25, 0.3) is 11.8 Å². The van der Waals surface area contributed by atoms with Crippen molar-refractivity contribution in [2.45, 2.75) is 38.8 Å². The van der Waals surface area contributed by atoms with Crippen LogP contribution in [0, 0.1) is 5.41 Å². The maximum absolute atomic E-state index is 13.0. The van der Waals surface area contributed by atoms with Crippen molar-refractivity contribution in [1.29, 1.82) is 5.41 Å². The molecule has 0 radical (unpaired) electrons. The average Bonchev–Trinajstić information content (AvgIpc) is 3.34. The van der Waals surface area contributed by atoms with Crippen molar-refractivity contribution in [2.24, 2.45) is 10.7 Å². The fourth-order valence-electron chi connectivity index (χ4n) is 3.12. The first kappa shape index (κ1) is 26.6. The van der Waals surface area contributed by atoms with E-state index in [4.69, 9.17) is 16.2 Å². The number of nitrogens with two attached hydrogens (primary N) is 1. The molecule has 5 N–H and O–H groups in total. The number of hydrogen-bond donors (Lipinski definition) is 4. The number of pyridine rings is 1. The molecule has 2 amide bonds. The zero-order chi connectivity index (χ0) is 25.1. The lowest BCUT2D eigenvalue weighted by Crippen LogP contribution is -2.51. The molecule has 182 valence electrons. The monoisotopic (exact) mass is 468 g/mol. The molecule has 0 spiro atoms. The number of amidine groups is 1. The molecule has 2 aromatic heterocycles. The summed E-state index contributed by atoms with van der Waals surface area (Å²) in [5.41, 5.74) is 6.85. The molecule has 1 unspecified atom stereocenters. The number of carbonyl (C=O) groups is 2. The van der Waals surface area contributed by atoms with Crippen LogP contribution in [0.25, 0.3) is 5.82 Å². The van der Waals surface area contributed by atoms with Crippen molar-refractivity contribution >= 4 is 23.9 Å². The van der Waals surface area contributed by atoms with E-state index in [2.05, 4.69) is 27.0 Å². The molecule has 34 heavy (non-hydrogen) atoms. The summed E-state index contributed by atoms with van der Waals surface area (Å²) in [5, 5.41) is 24.6. The summed E-state index contributed by atoms with van der Waals surface area (Å²) in [5.74, 6) is -0.651. The summed E-state index contributed by atoms with van der Waals surface area (Å²) < 4.78 is 1.52. The molecule has 0 saturated heterocycles. The van der Waals surface area contributed by atoms with Crippen molar-refractivity contribution < 1.29 is 14.7 Å². The number of aliphatic imine (C=N–C) groups is 1. The Labute approximate surface area is 198 Å². The van der Waals surface area contributed by atoms with Gasteiger partial charge in [-0.3, -0.25) is 24.9 Å². The Hall–Kier alpha value is -3.70. The van der Waals surface area contributed by atoms with E-state index in [0.29, 0.717) is 31.6 Å². The second-order valence-electron chi connectivity index (χ2n) is 7.51. The predicted molar refractivity (Wildman–Crippen MR) is 130 cm³/mol. The van der Waals surface area contributed by atoms with Gasteiger partial charge in [-0.05, 0) is 31.4 Å². The van der Waals surface area contributed by atoms with Crippen LogP contribution in [0.1, 0.15) is 42.2 Å². The van der Waals surface area contributed by atoms with Gasteiger partial charge in [0.1, 0.15) is 17.6 Å². The SMILES string of the molecule is C=C(CCCO)C(=O)N(CCC)C(=N)C(C=NC)NC(=O)c1cccc(-n2cc(CN)cn2)n1. The number of aliphatic hydroxyl groups excluding tert-OH is 1. The topological polar surface area (TPSA) is 163 Å². The van der Waals surface area contributed by atoms with E-state index < -0.39 is 17.9 Å². The lowest BCUT2D eigenvalue weighted by atomic mass is 10.1. The molecular formula is C23H32N8O3. The molecule has 11 nitrogen and oxygen atoms in total. The van der Waals surface area contributed by atoms with Crippen LogP contribution in [0.4, 0.5) is 0 Å². The quantitative estimate of drug-likeness (QED) is 0.207. The van der Waals surface area contributed by atoms with Crippen LogP contribution in [-0.4, -0.2) is 74.9 Å². The van der Waals surface area contributed by atoms with Gasteiger partial charge >= 0.3 is 0 Å². The summed E-state index contributed by atoms with van der Waals surface area (Å²) in [6.45, 7) is 6.22. The molecule has 2 rings (SSSR count). The predicted octanol–water partition coefficient (Wildman–Crippen LogP) is 1.07. The van der Waals surface area contributed by atoms with Crippen LogP contribution in [0.5, 0.6) is 0 Å². The van der Waals surface area contributed by atoms with Crippen molar-refractivity contribution in [2.75, 3.05) is 20.2 Å². The Bertz CT molecular complexity index is 1050. The molecule has 0 bridgehead atoms. The summed E-state index contributed by atoms with van der Waals surface area (Å²) in [6.07, 6.45) is 6.06. The van der Waals surface area contributed by atoms with Crippen LogP contribution in [0.15, 0.2) is 47.7 Å². The maximum atomic E-state index is 13.0. The first-order valence-electron chi connectivity index (χ1n) is 11.0. The lowest BCUT2D eigenvalue weighted by molar-refractivity contribution is -0.123. The molecule has 0 aliphatic heterocycles. The third-order valence-electron chi connectivity index (χ3n) is 4.88. The second kappa shape index (κ2) is 13.1. The fourth-order valence-corrected chi connectivity index (χ4v) is 3.12. The number of nitrogens with one attached hydrogen (secondary N) is 2. The van der Waals surface area contributed by atoms with Gasteiger partial charge in [0, 0.05) is 50.3 Å². The molecule has 2 aromatic rings. The lowest BCUT2D eigenvalue weighted by Gasteiger charge is -2.27. The van der Waals surface area contributed by atoms with Crippen molar-refractivity contribution in [3.05, 3.63) is 54.0 Å². The first-order valence-corrected chi connectivity index (χ1v) is 11.0. The summed E-state index contributed by atoms with van der Waals surface area (Å²) in [4.78, 5) is 35.4. The second-order valence-corrected chi connectivity index (χ2v) is 7.51. The molecule has 0 fully saturated rings. The van der Waals surface area contributed by atoms with Crippen LogP contribution in [0.3, 0.4) is 0 Å². The number of aromatic nitrogens is 3. The normalized spacial score (nSPS) is 11.9. The van der Waals surface area contributed by atoms with Gasteiger partial charge < -0.3 is 16.2 Å². The molecule has 0 aliphatic rings. The van der Waals surface area contributed by atoms with Gasteiger partial charge in [-0.2, -0.15) is 5.10 Å². The fraction of sp³-hybridized carbons (Fsp3) is 0.391. The number of amides is 2. The standard InChI is InChI=1S/C23H32N8O3/c1-4-10-30(23(34)16(2)7-6-11-32)21(25)19(14-26-3)29-22(33)18-8-5-9-20(28-18)31-15-17(12-24)13-27-31/h5,8-9,13-15,19,25,32H,2,4,6-7,10-12,24H2,1,3H3,(H,29,33). The smallest absolute Gasteiger partial charge is 0.270 e. The molecule has 0 aliphatic carbocycles. The van der Waals surface area contributed by atoms with E-state index in [1.54, 1.807) is 30.6 Å². The summed E-state index contributed by atoms with van der Waals surface area (Å²) in [6, 6.07) is 3.96. The van der Waals surface area contributed by atoms with Crippen LogP contribution >= 0.6 is 0 Å². The van der Waals surface area contributed by atoms with E-state index >= 15 is 0 Å². The van der Waals surface area contributed by atoms with Crippen molar-refractivity contribution in [3.63, 3.8) is 0 Å². The number of nitrogens with zero attached hydrogens (tertiary/aromatic N) is 5. The Morgan fingerprint density at radius 1 is 1.44 bits per heavy atom. The van der Waals surface area contributed by atoms with Gasteiger partial charge in [0.2, 0.25) is 0 Å². The number of carbonyl (C=O) groups excluding carboxylic acids is 2. The van der Waals surface area contributed by atoms with E-state index in [1.165, 1.54) is 22.8 Å². The maximum Gasteiger partial charge on any atom is 0.270 e. The van der Waals surface area contributed by atoms with Gasteiger partial charge in [-0.25, -0.2) is 9.67 Å². The first-order chi connectivity index (χ1) is 16.4. The molecule has 0 aromatic carbocycles. The number of aliphatic hydroxyl groups is 1. The largest absolute Gasteiger partial charge is 0.396 e. The highest BCUT2D eigenvalue weighted by Gasteiger charge is 2.27. The number of rotatable bonds is 12. The van der Waals surface area contributed by atoms with E-state index in [0.717, 1.165) is 5.56 Å². The van der Waals surface area contributed by atoms with Gasteiger partial charge in [-0.15, -0.1) is 0 Å². The summed E-state index contributed by atoms with van der Waals surface area (Å²) in [7, 11) is 1.52. The van der Waals surface area contributed by atoms with Crippen molar-refractivity contribution in [1.82, 2.24) is 25.0 Å². The minimum atomic E-state index is -0.961. The van der Waals surface area contributed by atoms with Gasteiger partial charge in [-0.1, -0.05) is 19.6 Å². The molecule has 11 heteroatoms. The molecule has 0 saturated carbocycles. The van der Waals surface area contributed by atoms with E-state index in [-0.39, 0.29) is 30.3 Å². The minimum Gasteiger partial charge on any atom is -0.396 e. The minimum absolute atomic E-state index is 0.0587. The highest BCUT2D eigenvalue weighted by atomic mass is 16.3. The van der Waals surface area contributed by atoms with Gasteiger partial charge in [0.05, 0.1) is 6.20 Å². The zero-order valence-electron chi connectivity index (χ0n) is 19.6. The zero-order valence-corrected chi connectivity index (χ0v) is 19.6. The molecule has 1 atom stereocenters. The van der Waals surface area contributed by atoms with Crippen LogP contribution in [-0.2, 0) is 11.3 Å². The van der Waals surface area contributed by atoms with E-state index in [1.807, 2.05) is 6.92 Å². The van der Waals surface area contributed by atoms with Crippen LogP contribution in [0.2, 0.25) is 0 Å². The van der Waals surface area contributed by atoms with Crippen LogP contribution < -0.4 is 11.1 Å². The Morgan fingerprint density at radius 3 is 2.82 bits per heavy atom. The van der Waals surface area contributed by atoms with E-state index in [9.17, 15) is 9.59 Å². The molecule has 2 heterocycles. The van der Waals surface area contributed by atoms with Gasteiger partial charge in [0.15, 0.2) is 5.82 Å². The molecular weight excluding hydrogens is 436 g/mol. The highest BCUT2D eigenvalue weighted by Crippen LogP contribution is 2.11. The Morgan fingerprint density at radius 2 is 2.21 bits per heavy atom. The number of hydrogen-bond acceptors (Lipinski definition) is 8. The summed E-state index contributed by atoms with van der Waals surface area (Å²) >= 11 is 0.